The highest BCUT2D eigenvalue weighted by Gasteiger charge is 2.11. The molecule has 1 rings (SSSR count). The van der Waals surface area contributed by atoms with E-state index in [-0.39, 0.29) is 0 Å². The molecule has 98 valence electrons. The van der Waals surface area contributed by atoms with Gasteiger partial charge >= 0.3 is 0 Å². The molecule has 18 heavy (non-hydrogen) atoms. The average molecular weight is 309 g/mol. The molecule has 0 saturated heterocycles. The second kappa shape index (κ2) is 8.16. The Labute approximate surface area is 119 Å². The summed E-state index contributed by atoms with van der Waals surface area (Å²) < 4.78 is 0.862. The van der Waals surface area contributed by atoms with E-state index >= 15 is 0 Å². The van der Waals surface area contributed by atoms with E-state index in [9.17, 15) is 5.26 Å². The first-order valence-corrected chi connectivity index (χ1v) is 7.47. The highest BCUT2D eigenvalue weighted by atomic mass is 79.9. The van der Waals surface area contributed by atoms with Crippen LogP contribution >= 0.6 is 15.9 Å². The Balaban J connectivity index is 2.80. The fraction of sp³-hybridized carbons (Fsp3) is 0.533. The van der Waals surface area contributed by atoms with Gasteiger partial charge in [0.15, 0.2) is 0 Å². The lowest BCUT2D eigenvalue weighted by atomic mass is 10.0. The van der Waals surface area contributed by atoms with Crippen LogP contribution in [0.25, 0.3) is 0 Å². The van der Waals surface area contributed by atoms with Crippen molar-refractivity contribution in [2.75, 3.05) is 5.32 Å². The Morgan fingerprint density at radius 3 is 2.67 bits per heavy atom. The van der Waals surface area contributed by atoms with Crippen molar-refractivity contribution in [1.29, 1.82) is 5.26 Å². The van der Waals surface area contributed by atoms with Crippen molar-refractivity contribution < 1.29 is 0 Å². The van der Waals surface area contributed by atoms with Crippen LogP contribution in [0.3, 0.4) is 0 Å². The first-order valence-electron chi connectivity index (χ1n) is 6.68. The van der Waals surface area contributed by atoms with Gasteiger partial charge in [-0.2, -0.15) is 5.26 Å². The molecule has 0 heterocycles. The van der Waals surface area contributed by atoms with E-state index in [1.54, 1.807) is 0 Å². The minimum Gasteiger partial charge on any atom is -0.381 e. The Morgan fingerprint density at radius 1 is 1.28 bits per heavy atom. The number of anilines is 1. The molecule has 2 nitrogen and oxygen atoms in total. The van der Waals surface area contributed by atoms with E-state index in [1.807, 2.05) is 18.2 Å². The smallest absolute Gasteiger partial charge is 0.103 e. The maximum Gasteiger partial charge on any atom is 0.103 e. The lowest BCUT2D eigenvalue weighted by Crippen LogP contribution is -2.19. The highest BCUT2D eigenvalue weighted by Crippen LogP contribution is 2.25. The molecule has 0 aliphatic rings. The number of halogens is 1. The Bertz CT molecular complexity index is 409. The monoisotopic (exact) mass is 308 g/mol. The van der Waals surface area contributed by atoms with Crippen molar-refractivity contribution in [3.63, 3.8) is 0 Å². The molecule has 3 heteroatoms. The first kappa shape index (κ1) is 15.0. The van der Waals surface area contributed by atoms with Crippen LogP contribution in [-0.2, 0) is 0 Å². The number of benzene rings is 1. The zero-order valence-electron chi connectivity index (χ0n) is 11.2. The second-order valence-corrected chi connectivity index (χ2v) is 5.40. The molecule has 1 N–H and O–H groups in total. The van der Waals surface area contributed by atoms with Crippen LogP contribution in [0.5, 0.6) is 0 Å². The molecule has 0 aliphatic carbocycles. The number of hydrogen-bond donors (Lipinski definition) is 1. The Kier molecular flexibility index (Phi) is 6.82. The SMILES string of the molecule is CCCCC(CCC)Nc1cccc(Br)c1C#N. The summed E-state index contributed by atoms with van der Waals surface area (Å²) >= 11 is 3.43. The van der Waals surface area contributed by atoms with Gasteiger partial charge in [-0.25, -0.2) is 0 Å². The predicted octanol–water partition coefficient (Wildman–Crippen LogP) is 5.09. The third-order valence-electron chi connectivity index (χ3n) is 3.03. The average Bonchev–Trinajstić information content (AvgIpc) is 2.36. The number of unbranched alkanes of at least 4 members (excludes halogenated alkanes) is 1. The fourth-order valence-corrected chi connectivity index (χ4v) is 2.52. The van der Waals surface area contributed by atoms with Crippen LogP contribution in [-0.4, -0.2) is 6.04 Å². The van der Waals surface area contributed by atoms with Crippen molar-refractivity contribution in [3.05, 3.63) is 28.2 Å². The van der Waals surface area contributed by atoms with Crippen molar-refractivity contribution >= 4 is 21.6 Å². The van der Waals surface area contributed by atoms with Gasteiger partial charge in [0.2, 0.25) is 0 Å². The van der Waals surface area contributed by atoms with Gasteiger partial charge in [0.05, 0.1) is 11.3 Å². The van der Waals surface area contributed by atoms with E-state index in [0.29, 0.717) is 11.6 Å². The number of nitrogens with one attached hydrogen (secondary N) is 1. The fourth-order valence-electron chi connectivity index (χ4n) is 2.07. The standard InChI is InChI=1S/C15H21BrN2/c1-3-5-8-12(7-4-2)18-15-10-6-9-14(16)13(15)11-17/h6,9-10,12,18H,3-5,7-8H2,1-2H3. The summed E-state index contributed by atoms with van der Waals surface area (Å²) in [6.45, 7) is 4.41. The van der Waals surface area contributed by atoms with E-state index in [2.05, 4.69) is 41.2 Å². The van der Waals surface area contributed by atoms with Gasteiger partial charge in [0, 0.05) is 10.5 Å². The van der Waals surface area contributed by atoms with Crippen LogP contribution in [0.2, 0.25) is 0 Å². The normalized spacial score (nSPS) is 11.9. The van der Waals surface area contributed by atoms with E-state index in [1.165, 1.54) is 19.3 Å². The van der Waals surface area contributed by atoms with Crippen LogP contribution in [0.1, 0.15) is 51.5 Å². The first-order chi connectivity index (χ1) is 8.72. The molecule has 1 aromatic rings. The molecule has 1 atom stereocenters. The van der Waals surface area contributed by atoms with Crippen LogP contribution in [0.4, 0.5) is 5.69 Å². The zero-order chi connectivity index (χ0) is 13.4. The lowest BCUT2D eigenvalue weighted by Gasteiger charge is -2.20. The molecule has 0 bridgehead atoms. The van der Waals surface area contributed by atoms with Crippen molar-refractivity contribution in [1.82, 2.24) is 0 Å². The summed E-state index contributed by atoms with van der Waals surface area (Å²) in [5.74, 6) is 0. The molecular weight excluding hydrogens is 288 g/mol. The Hall–Kier alpha value is -1.01. The predicted molar refractivity (Wildman–Crippen MR) is 80.7 cm³/mol. The minimum atomic E-state index is 0.469. The number of nitrogens with zero attached hydrogens (tertiary/aromatic N) is 1. The van der Waals surface area contributed by atoms with E-state index in [0.717, 1.165) is 23.0 Å². The summed E-state index contributed by atoms with van der Waals surface area (Å²) in [7, 11) is 0. The molecule has 0 aliphatic heterocycles. The van der Waals surface area contributed by atoms with E-state index < -0.39 is 0 Å². The van der Waals surface area contributed by atoms with Gasteiger partial charge in [-0.1, -0.05) is 39.2 Å². The molecule has 1 aromatic carbocycles. The van der Waals surface area contributed by atoms with Crippen LogP contribution in [0.15, 0.2) is 22.7 Å². The number of nitriles is 1. The molecule has 0 saturated carbocycles. The van der Waals surface area contributed by atoms with Crippen molar-refractivity contribution in [3.8, 4) is 6.07 Å². The highest BCUT2D eigenvalue weighted by molar-refractivity contribution is 9.10. The largest absolute Gasteiger partial charge is 0.381 e. The molecule has 0 fully saturated rings. The maximum atomic E-state index is 9.20. The molecule has 1 unspecified atom stereocenters. The van der Waals surface area contributed by atoms with E-state index in [4.69, 9.17) is 0 Å². The summed E-state index contributed by atoms with van der Waals surface area (Å²) in [6, 6.07) is 8.59. The van der Waals surface area contributed by atoms with Crippen LogP contribution in [0, 0.1) is 11.3 Å². The van der Waals surface area contributed by atoms with Gasteiger partial charge in [0.25, 0.3) is 0 Å². The Morgan fingerprint density at radius 2 is 2.06 bits per heavy atom. The second-order valence-electron chi connectivity index (χ2n) is 4.55. The van der Waals surface area contributed by atoms with Crippen LogP contribution < -0.4 is 5.32 Å². The van der Waals surface area contributed by atoms with Gasteiger partial charge in [-0.05, 0) is 40.9 Å². The molecule has 0 amide bonds. The summed E-state index contributed by atoms with van der Waals surface area (Å²) in [5, 5.41) is 12.7. The maximum absolute atomic E-state index is 9.20. The van der Waals surface area contributed by atoms with Crippen molar-refractivity contribution in [2.24, 2.45) is 0 Å². The molecular formula is C15H21BrN2. The van der Waals surface area contributed by atoms with Gasteiger partial charge in [-0.15, -0.1) is 0 Å². The number of rotatable bonds is 7. The molecule has 0 aromatic heterocycles. The zero-order valence-corrected chi connectivity index (χ0v) is 12.8. The number of hydrogen-bond acceptors (Lipinski definition) is 2. The van der Waals surface area contributed by atoms with Gasteiger partial charge in [-0.3, -0.25) is 0 Å². The third-order valence-corrected chi connectivity index (χ3v) is 3.69. The van der Waals surface area contributed by atoms with Gasteiger partial charge in [0.1, 0.15) is 6.07 Å². The topological polar surface area (TPSA) is 35.8 Å². The summed E-state index contributed by atoms with van der Waals surface area (Å²) in [5.41, 5.74) is 1.65. The quantitative estimate of drug-likeness (QED) is 0.761. The molecule has 0 spiro atoms. The summed E-state index contributed by atoms with van der Waals surface area (Å²) in [4.78, 5) is 0. The van der Waals surface area contributed by atoms with Gasteiger partial charge < -0.3 is 5.32 Å². The lowest BCUT2D eigenvalue weighted by molar-refractivity contribution is 0.564. The minimum absolute atomic E-state index is 0.469. The molecule has 0 radical (unpaired) electrons. The van der Waals surface area contributed by atoms with Crippen molar-refractivity contribution in [2.45, 2.75) is 52.0 Å². The summed E-state index contributed by atoms with van der Waals surface area (Å²) in [6.07, 6.45) is 5.93. The third kappa shape index (κ3) is 4.34.